The maximum absolute atomic E-state index is 12.6. The van der Waals surface area contributed by atoms with Gasteiger partial charge in [0, 0.05) is 6.61 Å². The van der Waals surface area contributed by atoms with Crippen molar-refractivity contribution in [2.75, 3.05) is 13.2 Å². The van der Waals surface area contributed by atoms with E-state index >= 15 is 0 Å². The molecule has 0 amide bonds. The molecule has 0 aliphatic heterocycles. The van der Waals surface area contributed by atoms with Gasteiger partial charge in [0.2, 0.25) is 0 Å². The molecule has 0 bridgehead atoms. The molecule has 0 aromatic heterocycles. The zero-order chi connectivity index (χ0) is 10.6. The van der Waals surface area contributed by atoms with Gasteiger partial charge in [0.25, 0.3) is 0 Å². The number of ether oxygens (including phenoxy) is 1. The van der Waals surface area contributed by atoms with Crippen LogP contribution in [0.15, 0.2) is 24.3 Å². The number of benzene rings is 1. The van der Waals surface area contributed by atoms with Gasteiger partial charge in [-0.1, -0.05) is 12.1 Å². The summed E-state index contributed by atoms with van der Waals surface area (Å²) in [5.41, 5.74) is -0.392. The molecule has 1 N–H and O–H groups in total. The Balaban J connectivity index is 2.75. The summed E-state index contributed by atoms with van der Waals surface area (Å²) in [6.45, 7) is 4.28. The second-order valence-corrected chi connectivity index (χ2v) is 3.42. The summed E-state index contributed by atoms with van der Waals surface area (Å²) >= 11 is 0. The minimum Gasteiger partial charge on any atom is -0.383 e. The second-order valence-electron chi connectivity index (χ2n) is 3.42. The van der Waals surface area contributed by atoms with Crippen molar-refractivity contribution in [1.29, 1.82) is 0 Å². The van der Waals surface area contributed by atoms with E-state index in [4.69, 9.17) is 4.74 Å². The Hall–Kier alpha value is -0.930. The minimum atomic E-state index is -1.05. The van der Waals surface area contributed by atoms with Crippen LogP contribution in [0.5, 0.6) is 0 Å². The van der Waals surface area contributed by atoms with Gasteiger partial charge in [-0.2, -0.15) is 0 Å². The molecule has 0 aliphatic carbocycles. The first-order valence-electron chi connectivity index (χ1n) is 4.62. The van der Waals surface area contributed by atoms with Crippen molar-refractivity contribution in [2.24, 2.45) is 0 Å². The van der Waals surface area contributed by atoms with Crippen molar-refractivity contribution < 1.29 is 14.2 Å². The molecule has 1 rings (SSSR count). The maximum atomic E-state index is 12.6. The van der Waals surface area contributed by atoms with Crippen LogP contribution in [0.4, 0.5) is 4.39 Å². The van der Waals surface area contributed by atoms with Gasteiger partial charge in [0.05, 0.1) is 6.61 Å². The summed E-state index contributed by atoms with van der Waals surface area (Å²) < 4.78 is 17.8. The van der Waals surface area contributed by atoms with Crippen LogP contribution in [0.25, 0.3) is 0 Å². The van der Waals surface area contributed by atoms with E-state index in [9.17, 15) is 9.50 Å². The third-order valence-electron chi connectivity index (χ3n) is 2.05. The lowest BCUT2D eigenvalue weighted by Gasteiger charge is -2.23. The zero-order valence-electron chi connectivity index (χ0n) is 8.46. The van der Waals surface area contributed by atoms with Gasteiger partial charge in [-0.25, -0.2) is 4.39 Å². The summed E-state index contributed by atoms with van der Waals surface area (Å²) in [6.07, 6.45) is 0. The standard InChI is InChI=1S/C11H15FO2/c1-3-14-8-11(2,13)9-4-6-10(12)7-5-9/h4-7,13H,3,8H2,1-2H3. The SMILES string of the molecule is CCOCC(C)(O)c1ccc(F)cc1. The Morgan fingerprint density at radius 2 is 1.93 bits per heavy atom. The van der Waals surface area contributed by atoms with Gasteiger partial charge < -0.3 is 9.84 Å². The van der Waals surface area contributed by atoms with Crippen LogP contribution in [0.3, 0.4) is 0 Å². The predicted octanol–water partition coefficient (Wildman–Crippen LogP) is 2.07. The normalized spacial score (nSPS) is 15.1. The van der Waals surface area contributed by atoms with Gasteiger partial charge in [0.15, 0.2) is 0 Å². The van der Waals surface area contributed by atoms with E-state index in [1.165, 1.54) is 12.1 Å². The molecule has 1 aromatic rings. The van der Waals surface area contributed by atoms with E-state index in [0.717, 1.165) is 0 Å². The predicted molar refractivity (Wildman–Crippen MR) is 52.5 cm³/mol. The highest BCUT2D eigenvalue weighted by molar-refractivity contribution is 5.22. The fourth-order valence-electron chi connectivity index (χ4n) is 1.19. The van der Waals surface area contributed by atoms with Crippen LogP contribution in [-0.4, -0.2) is 18.3 Å². The van der Waals surface area contributed by atoms with Gasteiger partial charge in [-0.15, -0.1) is 0 Å². The van der Waals surface area contributed by atoms with Crippen LogP contribution >= 0.6 is 0 Å². The molecule has 1 atom stereocenters. The van der Waals surface area contributed by atoms with Crippen LogP contribution in [0, 0.1) is 5.82 Å². The number of rotatable bonds is 4. The van der Waals surface area contributed by atoms with Gasteiger partial charge in [0.1, 0.15) is 11.4 Å². The van der Waals surface area contributed by atoms with Gasteiger partial charge in [-0.3, -0.25) is 0 Å². The highest BCUT2D eigenvalue weighted by Gasteiger charge is 2.22. The lowest BCUT2D eigenvalue weighted by atomic mass is 9.97. The molecule has 0 saturated carbocycles. The summed E-state index contributed by atoms with van der Waals surface area (Å²) in [4.78, 5) is 0. The van der Waals surface area contributed by atoms with E-state index in [1.54, 1.807) is 19.1 Å². The lowest BCUT2D eigenvalue weighted by Crippen LogP contribution is -2.27. The molecule has 78 valence electrons. The first-order chi connectivity index (χ1) is 6.56. The Labute approximate surface area is 83.3 Å². The molecule has 0 heterocycles. The highest BCUT2D eigenvalue weighted by Crippen LogP contribution is 2.20. The number of hydrogen-bond donors (Lipinski definition) is 1. The van der Waals surface area contributed by atoms with Crippen molar-refractivity contribution in [3.63, 3.8) is 0 Å². The van der Waals surface area contributed by atoms with E-state index in [2.05, 4.69) is 0 Å². The molecule has 0 spiro atoms. The van der Waals surface area contributed by atoms with Crippen molar-refractivity contribution in [1.82, 2.24) is 0 Å². The fraction of sp³-hybridized carbons (Fsp3) is 0.455. The van der Waals surface area contributed by atoms with E-state index in [0.29, 0.717) is 12.2 Å². The Morgan fingerprint density at radius 1 is 1.36 bits per heavy atom. The molecule has 14 heavy (non-hydrogen) atoms. The summed E-state index contributed by atoms with van der Waals surface area (Å²) in [5, 5.41) is 9.96. The van der Waals surface area contributed by atoms with Gasteiger partial charge in [-0.05, 0) is 31.5 Å². The van der Waals surface area contributed by atoms with Crippen molar-refractivity contribution in [3.05, 3.63) is 35.6 Å². The van der Waals surface area contributed by atoms with Crippen molar-refractivity contribution >= 4 is 0 Å². The minimum absolute atomic E-state index is 0.217. The van der Waals surface area contributed by atoms with Crippen LogP contribution in [0.2, 0.25) is 0 Å². The summed E-state index contributed by atoms with van der Waals surface area (Å²) in [6, 6.07) is 5.79. The summed E-state index contributed by atoms with van der Waals surface area (Å²) in [5.74, 6) is -0.305. The Kier molecular flexibility index (Phi) is 3.61. The molecule has 0 radical (unpaired) electrons. The average Bonchev–Trinajstić information content (AvgIpc) is 2.16. The largest absolute Gasteiger partial charge is 0.383 e. The molecule has 0 fully saturated rings. The molecule has 0 saturated heterocycles. The second kappa shape index (κ2) is 4.53. The third kappa shape index (κ3) is 2.79. The number of aliphatic hydroxyl groups is 1. The first kappa shape index (κ1) is 11.1. The molecule has 1 unspecified atom stereocenters. The molecule has 1 aromatic carbocycles. The Morgan fingerprint density at radius 3 is 2.43 bits per heavy atom. The van der Waals surface area contributed by atoms with E-state index in [-0.39, 0.29) is 12.4 Å². The van der Waals surface area contributed by atoms with E-state index < -0.39 is 5.60 Å². The Bertz CT molecular complexity index is 280. The molecular weight excluding hydrogens is 183 g/mol. The smallest absolute Gasteiger partial charge is 0.123 e. The van der Waals surface area contributed by atoms with Crippen molar-refractivity contribution in [2.45, 2.75) is 19.4 Å². The first-order valence-corrected chi connectivity index (χ1v) is 4.62. The number of hydrogen-bond acceptors (Lipinski definition) is 2. The quantitative estimate of drug-likeness (QED) is 0.802. The zero-order valence-corrected chi connectivity index (χ0v) is 8.46. The topological polar surface area (TPSA) is 29.5 Å². The molecule has 0 aliphatic rings. The lowest BCUT2D eigenvalue weighted by molar-refractivity contribution is -0.0343. The maximum Gasteiger partial charge on any atom is 0.123 e. The average molecular weight is 198 g/mol. The monoisotopic (exact) mass is 198 g/mol. The summed E-state index contributed by atoms with van der Waals surface area (Å²) in [7, 11) is 0. The molecule has 2 nitrogen and oxygen atoms in total. The third-order valence-corrected chi connectivity index (χ3v) is 2.05. The highest BCUT2D eigenvalue weighted by atomic mass is 19.1. The van der Waals surface area contributed by atoms with Gasteiger partial charge >= 0.3 is 0 Å². The fourth-order valence-corrected chi connectivity index (χ4v) is 1.19. The van der Waals surface area contributed by atoms with E-state index in [1.807, 2.05) is 6.92 Å². The molecular formula is C11H15FO2. The van der Waals surface area contributed by atoms with Crippen LogP contribution in [0.1, 0.15) is 19.4 Å². The van der Waals surface area contributed by atoms with Crippen LogP contribution in [-0.2, 0) is 10.3 Å². The van der Waals surface area contributed by atoms with Crippen molar-refractivity contribution in [3.8, 4) is 0 Å². The molecule has 3 heteroatoms. The van der Waals surface area contributed by atoms with Crippen LogP contribution < -0.4 is 0 Å². The number of halogens is 1.